The molecule has 1 aromatic rings. The average molecular weight is 345 g/mol. The number of benzene rings is 1. The number of rotatable bonds is 4. The van der Waals surface area contributed by atoms with Crippen molar-refractivity contribution in [3.05, 3.63) is 35.9 Å². The molecule has 2 heterocycles. The van der Waals surface area contributed by atoms with Crippen molar-refractivity contribution < 1.29 is 14.7 Å². The van der Waals surface area contributed by atoms with Crippen LogP contribution in [0.25, 0.3) is 0 Å². The van der Waals surface area contributed by atoms with Crippen LogP contribution in [0.4, 0.5) is 4.79 Å². The fourth-order valence-corrected chi connectivity index (χ4v) is 3.79. The summed E-state index contributed by atoms with van der Waals surface area (Å²) in [4.78, 5) is 27.7. The Morgan fingerprint density at radius 3 is 2.60 bits per heavy atom. The zero-order valence-electron chi connectivity index (χ0n) is 14.6. The van der Waals surface area contributed by atoms with E-state index >= 15 is 0 Å². The number of piperidine rings is 2. The second-order valence-corrected chi connectivity index (χ2v) is 7.13. The largest absolute Gasteiger partial charge is 0.481 e. The molecule has 6 nitrogen and oxygen atoms in total. The van der Waals surface area contributed by atoms with Crippen molar-refractivity contribution in [2.45, 2.75) is 38.3 Å². The number of carbonyl (C=O) groups is 2. The van der Waals surface area contributed by atoms with Gasteiger partial charge < -0.3 is 15.3 Å². The lowest BCUT2D eigenvalue weighted by atomic mass is 9.98. The molecule has 2 N–H and O–H groups in total. The molecule has 0 spiro atoms. The number of carbonyl (C=O) groups excluding carboxylic acids is 1. The van der Waals surface area contributed by atoms with Crippen LogP contribution in [-0.2, 0) is 11.3 Å². The molecule has 2 aliphatic rings. The van der Waals surface area contributed by atoms with E-state index in [1.807, 2.05) is 18.2 Å². The number of nitrogens with one attached hydrogen (secondary N) is 1. The molecule has 1 aromatic carbocycles. The Morgan fingerprint density at radius 2 is 1.84 bits per heavy atom. The molecule has 136 valence electrons. The number of nitrogens with zero attached hydrogens (tertiary/aromatic N) is 2. The van der Waals surface area contributed by atoms with Crippen molar-refractivity contribution in [1.29, 1.82) is 0 Å². The number of carboxylic acids is 1. The smallest absolute Gasteiger partial charge is 0.317 e. The quantitative estimate of drug-likeness (QED) is 0.877. The Morgan fingerprint density at radius 1 is 1.08 bits per heavy atom. The van der Waals surface area contributed by atoms with E-state index < -0.39 is 11.9 Å². The summed E-state index contributed by atoms with van der Waals surface area (Å²) >= 11 is 0. The van der Waals surface area contributed by atoms with Crippen molar-refractivity contribution in [2.75, 3.05) is 26.2 Å². The third kappa shape index (κ3) is 4.95. The molecule has 25 heavy (non-hydrogen) atoms. The van der Waals surface area contributed by atoms with Crippen molar-refractivity contribution in [3.63, 3.8) is 0 Å². The second-order valence-electron chi connectivity index (χ2n) is 7.13. The first kappa shape index (κ1) is 17.7. The van der Waals surface area contributed by atoms with Crippen LogP contribution < -0.4 is 5.32 Å². The van der Waals surface area contributed by atoms with E-state index in [0.29, 0.717) is 19.5 Å². The van der Waals surface area contributed by atoms with Gasteiger partial charge in [0.05, 0.1) is 5.92 Å². The van der Waals surface area contributed by atoms with Gasteiger partial charge in [-0.2, -0.15) is 0 Å². The SMILES string of the molecule is O=C(O)[C@@H]1CCCN(C(=O)NC2CCCN(Cc3ccccc3)C2)C1. The van der Waals surface area contributed by atoms with Gasteiger partial charge in [-0.05, 0) is 37.8 Å². The Hall–Kier alpha value is -2.08. The Kier molecular flexibility index (Phi) is 5.91. The molecule has 2 aliphatic heterocycles. The van der Waals surface area contributed by atoms with Crippen LogP contribution in [0.2, 0.25) is 0 Å². The fourth-order valence-electron chi connectivity index (χ4n) is 3.79. The molecular formula is C19H27N3O3. The number of aliphatic carboxylic acids is 1. The summed E-state index contributed by atoms with van der Waals surface area (Å²) in [5.41, 5.74) is 1.29. The first-order valence-corrected chi connectivity index (χ1v) is 9.16. The van der Waals surface area contributed by atoms with Gasteiger partial charge in [-0.1, -0.05) is 30.3 Å². The van der Waals surface area contributed by atoms with Crippen LogP contribution in [0.1, 0.15) is 31.2 Å². The normalized spacial score (nSPS) is 24.7. The van der Waals surface area contributed by atoms with Gasteiger partial charge in [0, 0.05) is 32.2 Å². The van der Waals surface area contributed by atoms with Gasteiger partial charge in [0.15, 0.2) is 0 Å². The van der Waals surface area contributed by atoms with E-state index in [2.05, 4.69) is 22.3 Å². The van der Waals surface area contributed by atoms with E-state index in [1.165, 1.54) is 5.56 Å². The minimum absolute atomic E-state index is 0.113. The fraction of sp³-hybridized carbons (Fsp3) is 0.579. The number of hydrogen-bond donors (Lipinski definition) is 2. The predicted molar refractivity (Wildman–Crippen MR) is 95.2 cm³/mol. The second kappa shape index (κ2) is 8.34. The van der Waals surface area contributed by atoms with E-state index in [4.69, 9.17) is 5.11 Å². The van der Waals surface area contributed by atoms with Crippen LogP contribution in [0.5, 0.6) is 0 Å². The van der Waals surface area contributed by atoms with Crippen molar-refractivity contribution in [1.82, 2.24) is 15.1 Å². The number of likely N-dealkylation sites (tertiary alicyclic amines) is 2. The van der Waals surface area contributed by atoms with E-state index in [1.54, 1.807) is 4.90 Å². The van der Waals surface area contributed by atoms with Gasteiger partial charge in [0.2, 0.25) is 0 Å². The first-order valence-electron chi connectivity index (χ1n) is 9.16. The number of carboxylic acid groups (broad SMARTS) is 1. The van der Waals surface area contributed by atoms with Gasteiger partial charge in [0.1, 0.15) is 0 Å². The third-order valence-corrected chi connectivity index (χ3v) is 5.14. The van der Waals surface area contributed by atoms with E-state index in [0.717, 1.165) is 38.9 Å². The maximum atomic E-state index is 12.5. The van der Waals surface area contributed by atoms with E-state index in [-0.39, 0.29) is 12.1 Å². The molecule has 2 fully saturated rings. The molecule has 0 saturated carbocycles. The Bertz CT molecular complexity index is 593. The van der Waals surface area contributed by atoms with Crippen molar-refractivity contribution in [3.8, 4) is 0 Å². The maximum Gasteiger partial charge on any atom is 0.317 e. The molecule has 0 bridgehead atoms. The molecular weight excluding hydrogens is 318 g/mol. The lowest BCUT2D eigenvalue weighted by Crippen LogP contribution is -2.53. The molecule has 0 aliphatic carbocycles. The highest BCUT2D eigenvalue weighted by atomic mass is 16.4. The van der Waals surface area contributed by atoms with Gasteiger partial charge in [0.25, 0.3) is 0 Å². The predicted octanol–water partition coefficient (Wildman–Crippen LogP) is 2.16. The third-order valence-electron chi connectivity index (χ3n) is 5.14. The Balaban J connectivity index is 1.50. The van der Waals surface area contributed by atoms with Crippen LogP contribution in [0.3, 0.4) is 0 Å². The topological polar surface area (TPSA) is 72.9 Å². The lowest BCUT2D eigenvalue weighted by Gasteiger charge is -2.36. The van der Waals surface area contributed by atoms with Crippen LogP contribution >= 0.6 is 0 Å². The number of hydrogen-bond acceptors (Lipinski definition) is 3. The molecule has 1 unspecified atom stereocenters. The summed E-state index contributed by atoms with van der Waals surface area (Å²) in [5.74, 6) is -1.23. The summed E-state index contributed by atoms with van der Waals surface area (Å²) in [5, 5.41) is 12.3. The average Bonchev–Trinajstić information content (AvgIpc) is 2.63. The highest BCUT2D eigenvalue weighted by Gasteiger charge is 2.30. The van der Waals surface area contributed by atoms with Crippen LogP contribution in [0.15, 0.2) is 30.3 Å². The molecule has 2 atom stereocenters. The number of amides is 2. The van der Waals surface area contributed by atoms with Crippen LogP contribution in [0, 0.1) is 5.92 Å². The summed E-state index contributed by atoms with van der Waals surface area (Å²) in [6, 6.07) is 10.4. The summed E-state index contributed by atoms with van der Waals surface area (Å²) in [6.45, 7) is 3.76. The number of urea groups is 1. The zero-order chi connectivity index (χ0) is 17.6. The lowest BCUT2D eigenvalue weighted by molar-refractivity contribution is -0.143. The zero-order valence-corrected chi connectivity index (χ0v) is 14.6. The molecule has 2 saturated heterocycles. The summed E-state index contributed by atoms with van der Waals surface area (Å²) < 4.78 is 0. The molecule has 0 radical (unpaired) electrons. The molecule has 6 heteroatoms. The maximum absolute atomic E-state index is 12.5. The van der Waals surface area contributed by atoms with Gasteiger partial charge in [-0.15, -0.1) is 0 Å². The molecule has 3 rings (SSSR count). The van der Waals surface area contributed by atoms with Crippen molar-refractivity contribution in [2.24, 2.45) is 5.92 Å². The van der Waals surface area contributed by atoms with Crippen LogP contribution in [-0.4, -0.2) is 59.1 Å². The van der Waals surface area contributed by atoms with Gasteiger partial charge in [-0.3, -0.25) is 9.69 Å². The minimum Gasteiger partial charge on any atom is -0.481 e. The summed E-state index contributed by atoms with van der Waals surface area (Å²) in [6.07, 6.45) is 3.46. The summed E-state index contributed by atoms with van der Waals surface area (Å²) in [7, 11) is 0. The van der Waals surface area contributed by atoms with E-state index in [9.17, 15) is 9.59 Å². The van der Waals surface area contributed by atoms with Gasteiger partial charge in [-0.25, -0.2) is 4.79 Å². The first-order chi connectivity index (χ1) is 12.1. The molecule has 2 amide bonds. The monoisotopic (exact) mass is 345 g/mol. The van der Waals surface area contributed by atoms with Crippen molar-refractivity contribution >= 4 is 12.0 Å². The highest BCUT2D eigenvalue weighted by molar-refractivity contribution is 5.76. The standard InChI is InChI=1S/C19H27N3O3/c23-18(24)16-8-4-11-22(13-16)19(25)20-17-9-5-10-21(14-17)12-15-6-2-1-3-7-15/h1-3,6-7,16-17H,4-5,8-14H2,(H,20,25)(H,23,24)/t16-,17?/m1/s1. The van der Waals surface area contributed by atoms with Gasteiger partial charge >= 0.3 is 12.0 Å². The minimum atomic E-state index is -0.802. The highest BCUT2D eigenvalue weighted by Crippen LogP contribution is 2.18. The Labute approximate surface area is 148 Å². The molecule has 0 aromatic heterocycles.